The van der Waals surface area contributed by atoms with Crippen LogP contribution in [0.3, 0.4) is 0 Å². The molecule has 2 aromatic heterocycles. The fourth-order valence-electron chi connectivity index (χ4n) is 3.16. The molecule has 3 heterocycles. The Balaban J connectivity index is 1.63. The molecule has 1 aliphatic rings. The molecule has 0 unspecified atom stereocenters. The van der Waals surface area contributed by atoms with E-state index in [0.717, 1.165) is 5.69 Å². The third kappa shape index (κ3) is 5.12. The minimum Gasteiger partial charge on any atom is -0.346 e. The number of aromatic nitrogens is 1. The molecule has 0 aliphatic carbocycles. The zero-order valence-electron chi connectivity index (χ0n) is 14.7. The van der Waals surface area contributed by atoms with Gasteiger partial charge in [-0.05, 0) is 37.0 Å². The van der Waals surface area contributed by atoms with Crippen molar-refractivity contribution in [2.75, 3.05) is 25.1 Å². The van der Waals surface area contributed by atoms with Crippen LogP contribution in [0.5, 0.6) is 0 Å². The van der Waals surface area contributed by atoms with E-state index in [9.17, 15) is 13.2 Å². The average molecular weight is 394 g/mol. The van der Waals surface area contributed by atoms with Gasteiger partial charge in [-0.2, -0.15) is 0 Å². The molecule has 0 spiro atoms. The van der Waals surface area contributed by atoms with Gasteiger partial charge in [0.1, 0.15) is 0 Å². The Bertz CT molecular complexity index is 823. The Morgan fingerprint density at radius 2 is 2.23 bits per heavy atom. The van der Waals surface area contributed by atoms with Gasteiger partial charge in [-0.15, -0.1) is 11.3 Å². The third-order valence-corrected chi connectivity index (χ3v) is 7.24. The van der Waals surface area contributed by atoms with Crippen molar-refractivity contribution in [1.82, 2.24) is 15.2 Å². The van der Waals surface area contributed by atoms with Gasteiger partial charge in [0.25, 0.3) is 0 Å². The first-order valence-corrected chi connectivity index (χ1v) is 11.3. The monoisotopic (exact) mass is 393 g/mol. The predicted molar refractivity (Wildman–Crippen MR) is 103 cm³/mol. The summed E-state index contributed by atoms with van der Waals surface area (Å²) in [5.74, 6) is 0.220. The van der Waals surface area contributed by atoms with Gasteiger partial charge < -0.3 is 5.32 Å². The van der Waals surface area contributed by atoms with E-state index in [2.05, 4.69) is 10.3 Å². The zero-order valence-corrected chi connectivity index (χ0v) is 16.3. The quantitative estimate of drug-likeness (QED) is 0.774. The molecule has 0 aromatic carbocycles. The predicted octanol–water partition coefficient (Wildman–Crippen LogP) is 1.66. The molecule has 6 nitrogen and oxygen atoms in total. The van der Waals surface area contributed by atoms with E-state index in [1.165, 1.54) is 4.88 Å². The van der Waals surface area contributed by atoms with Crippen molar-refractivity contribution < 1.29 is 13.2 Å². The van der Waals surface area contributed by atoms with E-state index in [1.807, 2.05) is 40.6 Å². The summed E-state index contributed by atoms with van der Waals surface area (Å²) in [7, 11) is -1.15. The van der Waals surface area contributed by atoms with Gasteiger partial charge in [0, 0.05) is 23.5 Å². The highest BCUT2D eigenvalue weighted by molar-refractivity contribution is 7.91. The molecule has 1 aliphatic heterocycles. The molecule has 0 radical (unpaired) electrons. The summed E-state index contributed by atoms with van der Waals surface area (Å²) in [6.07, 6.45) is 2.99. The van der Waals surface area contributed by atoms with Gasteiger partial charge in [0.2, 0.25) is 5.91 Å². The molecule has 1 N–H and O–H groups in total. The molecule has 3 rings (SSSR count). The van der Waals surface area contributed by atoms with E-state index in [4.69, 9.17) is 0 Å². The second-order valence-electron chi connectivity index (χ2n) is 6.63. The topological polar surface area (TPSA) is 79.4 Å². The van der Waals surface area contributed by atoms with Crippen molar-refractivity contribution in [2.45, 2.75) is 24.9 Å². The van der Waals surface area contributed by atoms with Crippen LogP contribution < -0.4 is 5.32 Å². The maximum atomic E-state index is 12.6. The van der Waals surface area contributed by atoms with Gasteiger partial charge in [-0.25, -0.2) is 8.42 Å². The summed E-state index contributed by atoms with van der Waals surface area (Å²) in [5, 5.41) is 5.08. The fourth-order valence-corrected chi connectivity index (χ4v) is 5.72. The lowest BCUT2D eigenvalue weighted by molar-refractivity contribution is -0.123. The lowest BCUT2D eigenvalue weighted by Crippen LogP contribution is -2.42. The van der Waals surface area contributed by atoms with Crippen LogP contribution in [0.25, 0.3) is 0 Å². The number of nitrogens with one attached hydrogen (secondary N) is 1. The molecule has 0 bridgehead atoms. The van der Waals surface area contributed by atoms with E-state index >= 15 is 0 Å². The Morgan fingerprint density at radius 1 is 1.38 bits per heavy atom. The molecule has 26 heavy (non-hydrogen) atoms. The highest BCUT2D eigenvalue weighted by Gasteiger charge is 2.31. The van der Waals surface area contributed by atoms with Crippen LogP contribution in [0.1, 0.15) is 23.0 Å². The van der Waals surface area contributed by atoms with Crippen molar-refractivity contribution in [3.05, 3.63) is 52.5 Å². The lowest BCUT2D eigenvalue weighted by atomic mass is 10.1. The van der Waals surface area contributed by atoms with Crippen LogP contribution in [-0.4, -0.2) is 55.3 Å². The van der Waals surface area contributed by atoms with Gasteiger partial charge in [0.15, 0.2) is 9.84 Å². The summed E-state index contributed by atoms with van der Waals surface area (Å²) in [6, 6.07) is 9.41. The lowest BCUT2D eigenvalue weighted by Gasteiger charge is -2.24. The summed E-state index contributed by atoms with van der Waals surface area (Å²) < 4.78 is 23.3. The molecule has 1 saturated heterocycles. The van der Waals surface area contributed by atoms with Gasteiger partial charge in [0.05, 0.1) is 29.8 Å². The van der Waals surface area contributed by atoms with Crippen molar-refractivity contribution in [3.63, 3.8) is 0 Å². The highest BCUT2D eigenvalue weighted by atomic mass is 32.2. The average Bonchev–Trinajstić information content (AvgIpc) is 3.24. The summed E-state index contributed by atoms with van der Waals surface area (Å²) in [4.78, 5) is 20.0. The van der Waals surface area contributed by atoms with E-state index in [1.54, 1.807) is 24.6 Å². The van der Waals surface area contributed by atoms with Gasteiger partial charge >= 0.3 is 0 Å². The van der Waals surface area contributed by atoms with Crippen molar-refractivity contribution >= 4 is 27.1 Å². The van der Waals surface area contributed by atoms with Crippen LogP contribution in [-0.2, 0) is 21.1 Å². The van der Waals surface area contributed by atoms with Crippen molar-refractivity contribution in [3.8, 4) is 0 Å². The molecular weight excluding hydrogens is 370 g/mol. The van der Waals surface area contributed by atoms with E-state index < -0.39 is 9.84 Å². The number of hydrogen-bond acceptors (Lipinski definition) is 6. The molecule has 2 atom stereocenters. The SMILES string of the molecule is CN(CC(=O)N[C@@H](Cc1cccs1)c1ccccn1)[C@H]1CCS(=O)(=O)C1. The maximum Gasteiger partial charge on any atom is 0.234 e. The standard InChI is InChI=1S/C18H23N3O3S2/c1-21(14-7-10-26(23,24)13-14)12-18(22)20-17(11-15-5-4-9-25-15)16-6-2-3-8-19-16/h2-6,8-9,14,17H,7,10-13H2,1H3,(H,20,22)/t14-,17-/m0/s1. The number of rotatable bonds is 7. The first kappa shape index (κ1) is 19.0. The molecule has 2 aromatic rings. The second-order valence-corrected chi connectivity index (χ2v) is 9.89. The number of carbonyl (C=O) groups excluding carboxylic acids is 1. The van der Waals surface area contributed by atoms with Crippen LogP contribution in [0.4, 0.5) is 0 Å². The van der Waals surface area contributed by atoms with Crippen LogP contribution in [0.2, 0.25) is 0 Å². The first-order valence-electron chi connectivity index (χ1n) is 8.56. The van der Waals surface area contributed by atoms with Crippen LogP contribution in [0, 0.1) is 0 Å². The number of sulfone groups is 1. The van der Waals surface area contributed by atoms with E-state index in [-0.39, 0.29) is 36.0 Å². The number of amides is 1. The van der Waals surface area contributed by atoms with Crippen molar-refractivity contribution in [1.29, 1.82) is 0 Å². The van der Waals surface area contributed by atoms with Crippen LogP contribution in [0.15, 0.2) is 41.9 Å². The number of thiophene rings is 1. The number of nitrogens with zero attached hydrogens (tertiary/aromatic N) is 2. The summed E-state index contributed by atoms with van der Waals surface area (Å²) >= 11 is 1.65. The summed E-state index contributed by atoms with van der Waals surface area (Å²) in [5.41, 5.74) is 0.820. The Hall–Kier alpha value is -1.77. The van der Waals surface area contributed by atoms with Gasteiger partial charge in [-0.1, -0.05) is 12.1 Å². The zero-order chi connectivity index (χ0) is 18.6. The normalized spacial score (nSPS) is 20.2. The molecular formula is C18H23N3O3S2. The van der Waals surface area contributed by atoms with Crippen LogP contribution >= 0.6 is 11.3 Å². The number of carbonyl (C=O) groups is 1. The fraction of sp³-hybridized carbons (Fsp3) is 0.444. The number of pyridine rings is 1. The molecule has 1 amide bonds. The largest absolute Gasteiger partial charge is 0.346 e. The Kier molecular flexibility index (Phi) is 6.05. The van der Waals surface area contributed by atoms with Gasteiger partial charge in [-0.3, -0.25) is 14.7 Å². The third-order valence-electron chi connectivity index (χ3n) is 4.59. The molecule has 140 valence electrons. The minimum atomic E-state index is -2.96. The van der Waals surface area contributed by atoms with E-state index in [0.29, 0.717) is 12.8 Å². The molecule has 0 saturated carbocycles. The number of hydrogen-bond donors (Lipinski definition) is 1. The molecule has 8 heteroatoms. The molecule has 1 fully saturated rings. The minimum absolute atomic E-state index is 0.0867. The summed E-state index contributed by atoms with van der Waals surface area (Å²) in [6.45, 7) is 0.175. The number of likely N-dealkylation sites (N-methyl/N-ethyl adjacent to an activating group) is 1. The maximum absolute atomic E-state index is 12.6. The highest BCUT2D eigenvalue weighted by Crippen LogP contribution is 2.20. The Labute approximate surface area is 158 Å². The Morgan fingerprint density at radius 3 is 2.85 bits per heavy atom. The second kappa shape index (κ2) is 8.28. The first-order chi connectivity index (χ1) is 12.4. The smallest absolute Gasteiger partial charge is 0.234 e. The van der Waals surface area contributed by atoms with Crippen molar-refractivity contribution in [2.24, 2.45) is 0 Å².